The molecule has 0 fully saturated rings. The molecule has 1 amide bonds. The molecule has 0 saturated carbocycles. The normalized spacial score (nSPS) is 10.9. The van der Waals surface area contributed by atoms with Crippen molar-refractivity contribution in [1.29, 1.82) is 0 Å². The number of nitrogens with one attached hydrogen (secondary N) is 2. The molecule has 9 nitrogen and oxygen atoms in total. The van der Waals surface area contributed by atoms with Crippen molar-refractivity contribution in [1.82, 2.24) is 15.0 Å². The Morgan fingerprint density at radius 2 is 1.90 bits per heavy atom. The van der Waals surface area contributed by atoms with Crippen LogP contribution in [-0.4, -0.2) is 43.2 Å². The molecular weight excluding hydrogens is 393 g/mol. The number of rotatable bonds is 4. The van der Waals surface area contributed by atoms with E-state index in [9.17, 15) is 24.5 Å². The zero-order chi connectivity index (χ0) is 21.4. The van der Waals surface area contributed by atoms with Crippen LogP contribution in [0, 0.1) is 5.82 Å². The van der Waals surface area contributed by atoms with Crippen LogP contribution < -0.4 is 10.2 Å². The maximum atomic E-state index is 14.4. The summed E-state index contributed by atoms with van der Waals surface area (Å²) in [5.41, 5.74) is 1.41. The molecule has 0 atom stereocenters. The molecule has 0 aliphatic rings. The molecule has 4 aromatic rings. The minimum atomic E-state index is -0.844. The first-order chi connectivity index (χ1) is 14.3. The summed E-state index contributed by atoms with van der Waals surface area (Å²) in [6.07, 6.45) is 2.71. The van der Waals surface area contributed by atoms with Gasteiger partial charge in [0.15, 0.2) is 28.9 Å². The zero-order valence-electron chi connectivity index (χ0n) is 15.6. The average Bonchev–Trinajstić information content (AvgIpc) is 3.22. The van der Waals surface area contributed by atoms with Gasteiger partial charge >= 0.3 is 0 Å². The number of carbonyl (C=O) groups excluding carboxylic acids is 1. The summed E-state index contributed by atoms with van der Waals surface area (Å²) < 4.78 is 14.4. The van der Waals surface area contributed by atoms with Crippen LogP contribution in [-0.2, 0) is 0 Å². The van der Waals surface area contributed by atoms with Gasteiger partial charge in [-0.25, -0.2) is 9.37 Å². The summed E-state index contributed by atoms with van der Waals surface area (Å²) >= 11 is 0. The molecule has 152 valence electrons. The summed E-state index contributed by atoms with van der Waals surface area (Å²) in [6.45, 7) is 0. The first-order valence-electron chi connectivity index (χ1n) is 8.74. The van der Waals surface area contributed by atoms with E-state index in [0.717, 1.165) is 34.1 Å². The van der Waals surface area contributed by atoms with Gasteiger partial charge in [0.2, 0.25) is 5.95 Å². The van der Waals surface area contributed by atoms with E-state index in [2.05, 4.69) is 20.3 Å². The topological polar surface area (TPSA) is 135 Å². The molecule has 0 saturated heterocycles. The number of halogens is 1. The average molecular weight is 409 g/mol. The molecule has 5 N–H and O–H groups in total. The molecule has 4 rings (SSSR count). The van der Waals surface area contributed by atoms with Gasteiger partial charge in [-0.15, -0.1) is 0 Å². The molecule has 0 bridgehead atoms. The number of amides is 1. The third kappa shape index (κ3) is 3.30. The number of fused-ring (bicyclic) bond motifs is 1. The second-order valence-electron chi connectivity index (χ2n) is 6.46. The van der Waals surface area contributed by atoms with Crippen molar-refractivity contribution in [2.24, 2.45) is 0 Å². The van der Waals surface area contributed by atoms with Gasteiger partial charge in [-0.1, -0.05) is 6.07 Å². The highest BCUT2D eigenvalue weighted by Crippen LogP contribution is 2.36. The second kappa shape index (κ2) is 7.24. The van der Waals surface area contributed by atoms with E-state index < -0.39 is 29.0 Å². The third-order valence-electron chi connectivity index (χ3n) is 4.51. The van der Waals surface area contributed by atoms with E-state index in [1.165, 1.54) is 7.05 Å². The van der Waals surface area contributed by atoms with Crippen LogP contribution in [0.5, 0.6) is 17.2 Å². The van der Waals surface area contributed by atoms with E-state index in [1.807, 2.05) is 18.2 Å². The Morgan fingerprint density at radius 1 is 1.17 bits per heavy atom. The fourth-order valence-electron chi connectivity index (χ4n) is 2.99. The number of anilines is 3. The van der Waals surface area contributed by atoms with Crippen molar-refractivity contribution in [3.8, 4) is 17.2 Å². The van der Waals surface area contributed by atoms with Crippen LogP contribution in [0.1, 0.15) is 10.4 Å². The largest absolute Gasteiger partial charge is 0.504 e. The van der Waals surface area contributed by atoms with Gasteiger partial charge in [0, 0.05) is 29.7 Å². The van der Waals surface area contributed by atoms with Gasteiger partial charge in [-0.2, -0.15) is 4.98 Å². The number of aromatic amines is 1. The number of nitrogens with zero attached hydrogens (tertiary/aromatic N) is 3. The van der Waals surface area contributed by atoms with Crippen LogP contribution in [0.15, 0.2) is 48.8 Å². The highest BCUT2D eigenvalue weighted by atomic mass is 19.1. The predicted molar refractivity (Wildman–Crippen MR) is 108 cm³/mol. The van der Waals surface area contributed by atoms with E-state index in [4.69, 9.17) is 0 Å². The Morgan fingerprint density at radius 3 is 2.63 bits per heavy atom. The van der Waals surface area contributed by atoms with Crippen molar-refractivity contribution in [3.05, 3.63) is 60.2 Å². The number of phenols is 3. The number of benzene rings is 2. The lowest BCUT2D eigenvalue weighted by Gasteiger charge is -2.18. The molecule has 0 spiro atoms. The Kier molecular flexibility index (Phi) is 4.59. The van der Waals surface area contributed by atoms with Crippen molar-refractivity contribution < 1.29 is 24.5 Å². The lowest BCUT2D eigenvalue weighted by molar-refractivity contribution is 0.0990. The second-order valence-corrected chi connectivity index (χ2v) is 6.46. The predicted octanol–water partition coefficient (Wildman–Crippen LogP) is 3.23. The van der Waals surface area contributed by atoms with Gasteiger partial charge in [-0.05, 0) is 30.3 Å². The molecule has 2 aromatic heterocycles. The maximum absolute atomic E-state index is 14.4. The maximum Gasteiger partial charge on any atom is 0.259 e. The number of H-pyrrole nitrogens is 1. The van der Waals surface area contributed by atoms with Crippen molar-refractivity contribution in [2.45, 2.75) is 0 Å². The van der Waals surface area contributed by atoms with E-state index in [1.54, 1.807) is 12.3 Å². The Hall–Kier alpha value is -4.34. The number of aromatic hydroxyl groups is 3. The van der Waals surface area contributed by atoms with Crippen molar-refractivity contribution >= 4 is 34.3 Å². The first kappa shape index (κ1) is 19.0. The van der Waals surface area contributed by atoms with Gasteiger partial charge in [0.25, 0.3) is 5.91 Å². The van der Waals surface area contributed by atoms with Crippen molar-refractivity contribution in [3.63, 3.8) is 0 Å². The lowest BCUT2D eigenvalue weighted by Crippen LogP contribution is -2.28. The summed E-state index contributed by atoms with van der Waals surface area (Å²) in [7, 11) is 1.28. The SMILES string of the molecule is CN(C(=O)c1cc(O)c(O)c(O)c1)c1nc(Nc2cccc3[nH]ccc23)ncc1F. The molecule has 0 unspecified atom stereocenters. The van der Waals surface area contributed by atoms with Gasteiger partial charge in [-0.3, -0.25) is 9.69 Å². The van der Waals surface area contributed by atoms with Crippen LogP contribution in [0.25, 0.3) is 10.9 Å². The standard InChI is InChI=1S/C20H16FN5O4/c1-26(19(30)10-7-15(27)17(29)16(28)8-10)18-12(21)9-23-20(25-18)24-14-4-2-3-13-11(14)5-6-22-13/h2-9,22,27-29H,1H3,(H,23,24,25). The van der Waals surface area contributed by atoms with Crippen LogP contribution in [0.3, 0.4) is 0 Å². The molecule has 30 heavy (non-hydrogen) atoms. The third-order valence-corrected chi connectivity index (χ3v) is 4.51. The lowest BCUT2D eigenvalue weighted by atomic mass is 10.1. The van der Waals surface area contributed by atoms with Crippen molar-refractivity contribution in [2.75, 3.05) is 17.3 Å². The fraction of sp³-hybridized carbons (Fsp3) is 0.0500. The number of hydrogen-bond acceptors (Lipinski definition) is 7. The Labute approximate surface area is 169 Å². The van der Waals surface area contributed by atoms with E-state index in [0.29, 0.717) is 5.69 Å². The minimum Gasteiger partial charge on any atom is -0.504 e. The number of carbonyl (C=O) groups is 1. The number of hydrogen-bond donors (Lipinski definition) is 5. The molecule has 2 aromatic carbocycles. The first-order valence-corrected chi connectivity index (χ1v) is 8.74. The summed E-state index contributed by atoms with van der Waals surface area (Å²) in [4.78, 5) is 24.7. The quantitative estimate of drug-likeness (QED) is 0.327. The zero-order valence-corrected chi connectivity index (χ0v) is 15.6. The molecule has 10 heteroatoms. The molecular formula is C20H16FN5O4. The molecule has 2 heterocycles. The van der Waals surface area contributed by atoms with E-state index in [-0.39, 0.29) is 17.3 Å². The summed E-state index contributed by atoms with van der Waals surface area (Å²) in [5.74, 6) is -3.98. The van der Waals surface area contributed by atoms with Crippen LogP contribution in [0.2, 0.25) is 0 Å². The highest BCUT2D eigenvalue weighted by molar-refractivity contribution is 6.06. The number of aromatic nitrogens is 3. The smallest absolute Gasteiger partial charge is 0.259 e. The summed E-state index contributed by atoms with van der Waals surface area (Å²) in [6, 6.07) is 9.30. The Bertz CT molecular complexity index is 1250. The molecule has 0 aliphatic heterocycles. The van der Waals surface area contributed by atoms with Crippen LogP contribution in [0.4, 0.5) is 21.8 Å². The molecule has 0 aliphatic carbocycles. The number of phenolic OH excluding ortho intramolecular Hbond substituents is 3. The van der Waals surface area contributed by atoms with Crippen LogP contribution >= 0.6 is 0 Å². The van der Waals surface area contributed by atoms with Gasteiger partial charge in [0.05, 0.1) is 11.9 Å². The molecule has 0 radical (unpaired) electrons. The fourth-order valence-corrected chi connectivity index (χ4v) is 2.99. The highest BCUT2D eigenvalue weighted by Gasteiger charge is 2.22. The minimum absolute atomic E-state index is 0.0659. The Balaban J connectivity index is 1.66. The summed E-state index contributed by atoms with van der Waals surface area (Å²) in [5, 5.41) is 32.6. The van der Waals surface area contributed by atoms with E-state index >= 15 is 0 Å². The van der Waals surface area contributed by atoms with Gasteiger partial charge < -0.3 is 25.6 Å². The monoisotopic (exact) mass is 409 g/mol. The van der Waals surface area contributed by atoms with Gasteiger partial charge in [0.1, 0.15) is 0 Å².